The van der Waals surface area contributed by atoms with Crippen LogP contribution < -0.4 is 5.32 Å². The normalized spacial score (nSPS) is 24.5. The van der Waals surface area contributed by atoms with Gasteiger partial charge in [0, 0.05) is 26.2 Å². The summed E-state index contributed by atoms with van der Waals surface area (Å²) in [6.07, 6.45) is 8.23. The van der Waals surface area contributed by atoms with Gasteiger partial charge >= 0.3 is 5.97 Å². The zero-order chi connectivity index (χ0) is 14.4. The summed E-state index contributed by atoms with van der Waals surface area (Å²) < 4.78 is 5.26. The smallest absolute Gasteiger partial charge is 0.308 e. The number of hydrogen-bond acceptors (Lipinski definition) is 3. The quantitative estimate of drug-likeness (QED) is 0.725. The van der Waals surface area contributed by atoms with Crippen molar-refractivity contribution in [2.24, 2.45) is 17.8 Å². The minimum atomic E-state index is -0.821. The van der Waals surface area contributed by atoms with Crippen molar-refractivity contribution < 1.29 is 19.4 Å². The number of aliphatic carboxylic acids is 1. The summed E-state index contributed by atoms with van der Waals surface area (Å²) in [5, 5.41) is 12.1. The summed E-state index contributed by atoms with van der Waals surface area (Å²) in [7, 11) is 0. The molecule has 1 heterocycles. The highest BCUT2D eigenvalue weighted by atomic mass is 16.5. The number of carboxylic acids is 1. The molecule has 0 aromatic rings. The van der Waals surface area contributed by atoms with Crippen LogP contribution in [0, 0.1) is 17.8 Å². The average molecular weight is 281 g/mol. The van der Waals surface area contributed by atoms with Gasteiger partial charge in [-0.15, -0.1) is 0 Å². The highest BCUT2D eigenvalue weighted by Gasteiger charge is 2.30. The van der Waals surface area contributed by atoms with Crippen LogP contribution >= 0.6 is 0 Å². The van der Waals surface area contributed by atoms with Gasteiger partial charge in [-0.3, -0.25) is 9.59 Å². The van der Waals surface area contributed by atoms with Gasteiger partial charge in [0.05, 0.1) is 5.92 Å². The maximum Gasteiger partial charge on any atom is 0.308 e. The lowest BCUT2D eigenvalue weighted by Crippen LogP contribution is -2.39. The predicted molar refractivity (Wildman–Crippen MR) is 74.2 cm³/mol. The van der Waals surface area contributed by atoms with E-state index in [1.165, 1.54) is 0 Å². The molecule has 2 rings (SSSR count). The van der Waals surface area contributed by atoms with Crippen LogP contribution in [-0.4, -0.2) is 36.7 Å². The van der Waals surface area contributed by atoms with E-state index >= 15 is 0 Å². The van der Waals surface area contributed by atoms with E-state index in [4.69, 9.17) is 4.74 Å². The van der Waals surface area contributed by atoms with Gasteiger partial charge < -0.3 is 15.2 Å². The van der Waals surface area contributed by atoms with Crippen molar-refractivity contribution in [2.75, 3.05) is 19.8 Å². The lowest BCUT2D eigenvalue weighted by atomic mass is 9.86. The van der Waals surface area contributed by atoms with Crippen molar-refractivity contribution in [3.05, 3.63) is 12.2 Å². The second-order valence-corrected chi connectivity index (χ2v) is 5.67. The Morgan fingerprint density at radius 3 is 2.65 bits per heavy atom. The Labute approximate surface area is 119 Å². The molecule has 2 aliphatic rings. The Kier molecular flexibility index (Phi) is 5.59. The van der Waals surface area contributed by atoms with Crippen LogP contribution in [0.4, 0.5) is 0 Å². The van der Waals surface area contributed by atoms with Crippen molar-refractivity contribution in [2.45, 2.75) is 32.1 Å². The largest absolute Gasteiger partial charge is 0.481 e. The fraction of sp³-hybridized carbons (Fsp3) is 0.733. The van der Waals surface area contributed by atoms with E-state index < -0.39 is 11.9 Å². The summed E-state index contributed by atoms with van der Waals surface area (Å²) in [4.78, 5) is 23.2. The van der Waals surface area contributed by atoms with E-state index in [0.29, 0.717) is 25.6 Å². The molecule has 2 atom stereocenters. The van der Waals surface area contributed by atoms with Crippen LogP contribution in [-0.2, 0) is 14.3 Å². The summed E-state index contributed by atoms with van der Waals surface area (Å²) >= 11 is 0. The number of rotatable bonds is 6. The zero-order valence-corrected chi connectivity index (χ0v) is 11.7. The molecule has 1 aliphatic carbocycles. The van der Waals surface area contributed by atoms with E-state index in [2.05, 4.69) is 17.5 Å². The molecule has 2 unspecified atom stereocenters. The second kappa shape index (κ2) is 7.43. The Bertz CT molecular complexity index is 374. The first kappa shape index (κ1) is 15.0. The summed E-state index contributed by atoms with van der Waals surface area (Å²) in [5.74, 6) is -0.936. The number of allylic oxidation sites excluding steroid dienone is 2. The van der Waals surface area contributed by atoms with Gasteiger partial charge in [0.25, 0.3) is 0 Å². The number of carbonyl (C=O) groups is 2. The lowest BCUT2D eigenvalue weighted by molar-refractivity contribution is -0.145. The molecule has 0 saturated carbocycles. The standard InChI is InChI=1S/C15H23NO4/c17-14(9-11-3-1-2-4-11)16-10-13(15(18)19)12-5-7-20-8-6-12/h1,3,11-13H,2,4-10H2,(H,16,17)(H,18,19). The van der Waals surface area contributed by atoms with Gasteiger partial charge in [-0.25, -0.2) is 0 Å². The van der Waals surface area contributed by atoms with Gasteiger partial charge in [0.15, 0.2) is 0 Å². The van der Waals surface area contributed by atoms with E-state index in [9.17, 15) is 14.7 Å². The van der Waals surface area contributed by atoms with Crippen molar-refractivity contribution in [1.29, 1.82) is 0 Å². The molecule has 20 heavy (non-hydrogen) atoms. The molecule has 112 valence electrons. The molecule has 0 aromatic carbocycles. The maximum atomic E-state index is 11.8. The Morgan fingerprint density at radius 2 is 2.05 bits per heavy atom. The van der Waals surface area contributed by atoms with E-state index in [1.807, 2.05) is 0 Å². The van der Waals surface area contributed by atoms with E-state index in [0.717, 1.165) is 25.7 Å². The second-order valence-electron chi connectivity index (χ2n) is 5.67. The van der Waals surface area contributed by atoms with Gasteiger partial charge in [0.1, 0.15) is 0 Å². The first-order valence-electron chi connectivity index (χ1n) is 7.40. The fourth-order valence-corrected chi connectivity index (χ4v) is 2.97. The van der Waals surface area contributed by atoms with E-state index in [1.54, 1.807) is 0 Å². The minimum Gasteiger partial charge on any atom is -0.481 e. The number of hydrogen-bond donors (Lipinski definition) is 2. The van der Waals surface area contributed by atoms with Crippen LogP contribution in [0.2, 0.25) is 0 Å². The van der Waals surface area contributed by atoms with Crippen LogP contribution in [0.3, 0.4) is 0 Å². The molecule has 1 fully saturated rings. The summed E-state index contributed by atoms with van der Waals surface area (Å²) in [6.45, 7) is 1.47. The number of ether oxygens (including phenoxy) is 1. The monoisotopic (exact) mass is 281 g/mol. The number of nitrogens with one attached hydrogen (secondary N) is 1. The van der Waals surface area contributed by atoms with Gasteiger partial charge in [-0.05, 0) is 37.5 Å². The third-order valence-electron chi connectivity index (χ3n) is 4.23. The first-order chi connectivity index (χ1) is 9.66. The molecule has 1 saturated heterocycles. The average Bonchev–Trinajstić information content (AvgIpc) is 2.92. The predicted octanol–water partition coefficient (Wildman–Crippen LogP) is 1.59. The fourth-order valence-electron chi connectivity index (χ4n) is 2.97. The SMILES string of the molecule is O=C(CC1C=CCC1)NCC(C(=O)O)C1CCOCC1. The topological polar surface area (TPSA) is 75.6 Å². The molecule has 0 radical (unpaired) electrons. The Morgan fingerprint density at radius 1 is 1.30 bits per heavy atom. The van der Waals surface area contributed by atoms with E-state index in [-0.39, 0.29) is 18.4 Å². The summed E-state index contributed by atoms with van der Waals surface area (Å²) in [6, 6.07) is 0. The molecule has 2 N–H and O–H groups in total. The number of carboxylic acid groups (broad SMARTS) is 1. The molecular weight excluding hydrogens is 258 g/mol. The molecule has 0 spiro atoms. The highest BCUT2D eigenvalue weighted by molar-refractivity contribution is 5.77. The molecule has 5 nitrogen and oxygen atoms in total. The van der Waals surface area contributed by atoms with Crippen molar-refractivity contribution >= 4 is 11.9 Å². The Balaban J connectivity index is 1.77. The van der Waals surface area contributed by atoms with Crippen LogP contribution in [0.1, 0.15) is 32.1 Å². The van der Waals surface area contributed by atoms with Crippen LogP contribution in [0.25, 0.3) is 0 Å². The van der Waals surface area contributed by atoms with Gasteiger partial charge in [0.2, 0.25) is 5.91 Å². The maximum absolute atomic E-state index is 11.8. The molecule has 5 heteroatoms. The molecule has 1 amide bonds. The third kappa shape index (κ3) is 4.34. The van der Waals surface area contributed by atoms with Crippen molar-refractivity contribution in [1.82, 2.24) is 5.32 Å². The highest BCUT2D eigenvalue weighted by Crippen LogP contribution is 2.24. The number of amides is 1. The Hall–Kier alpha value is -1.36. The molecule has 1 aliphatic heterocycles. The molecule has 0 aromatic heterocycles. The first-order valence-corrected chi connectivity index (χ1v) is 7.40. The van der Waals surface area contributed by atoms with Gasteiger partial charge in [-0.1, -0.05) is 12.2 Å². The zero-order valence-electron chi connectivity index (χ0n) is 11.7. The van der Waals surface area contributed by atoms with Gasteiger partial charge in [-0.2, -0.15) is 0 Å². The van der Waals surface area contributed by atoms with Crippen molar-refractivity contribution in [3.63, 3.8) is 0 Å². The minimum absolute atomic E-state index is 0.0418. The van der Waals surface area contributed by atoms with Crippen LogP contribution in [0.15, 0.2) is 12.2 Å². The summed E-state index contributed by atoms with van der Waals surface area (Å²) in [5.41, 5.74) is 0. The van der Waals surface area contributed by atoms with Crippen molar-refractivity contribution in [3.8, 4) is 0 Å². The molecular formula is C15H23NO4. The number of carbonyl (C=O) groups excluding carboxylic acids is 1. The lowest BCUT2D eigenvalue weighted by Gasteiger charge is -2.27. The molecule has 0 bridgehead atoms. The van der Waals surface area contributed by atoms with Crippen LogP contribution in [0.5, 0.6) is 0 Å². The third-order valence-corrected chi connectivity index (χ3v) is 4.23.